The van der Waals surface area contributed by atoms with E-state index in [2.05, 4.69) is 5.32 Å². The summed E-state index contributed by atoms with van der Waals surface area (Å²) >= 11 is 0. The largest absolute Gasteiger partial charge is 0.391 e. The van der Waals surface area contributed by atoms with Gasteiger partial charge in [-0.25, -0.2) is 4.39 Å². The minimum atomic E-state index is -1.37. The molecule has 2 unspecified atom stereocenters. The SMILES string of the molecule is CNC1=CC(F)C=C([N+](=O)[O-])CC1C. The molecule has 5 heteroatoms. The van der Waals surface area contributed by atoms with Crippen LogP contribution in [-0.2, 0) is 0 Å². The smallest absolute Gasteiger partial charge is 0.246 e. The Balaban J connectivity index is 2.91. The molecule has 1 aliphatic rings. The molecule has 0 heterocycles. The molecular weight excluding hydrogens is 187 g/mol. The highest BCUT2D eigenvalue weighted by Crippen LogP contribution is 2.23. The van der Waals surface area contributed by atoms with E-state index in [9.17, 15) is 14.5 Å². The van der Waals surface area contributed by atoms with Crippen molar-refractivity contribution in [1.82, 2.24) is 5.32 Å². The van der Waals surface area contributed by atoms with E-state index in [-0.39, 0.29) is 18.0 Å². The highest BCUT2D eigenvalue weighted by Gasteiger charge is 2.23. The summed E-state index contributed by atoms with van der Waals surface area (Å²) in [4.78, 5) is 10.0. The lowest BCUT2D eigenvalue weighted by atomic mass is 10.0. The van der Waals surface area contributed by atoms with Gasteiger partial charge in [-0.3, -0.25) is 10.1 Å². The van der Waals surface area contributed by atoms with Gasteiger partial charge in [-0.05, 0) is 6.08 Å². The summed E-state index contributed by atoms with van der Waals surface area (Å²) in [6.45, 7) is 1.83. The van der Waals surface area contributed by atoms with Crippen LogP contribution in [0, 0.1) is 16.0 Å². The van der Waals surface area contributed by atoms with Gasteiger partial charge in [0.1, 0.15) is 6.17 Å². The molecule has 0 aromatic rings. The molecule has 1 aliphatic carbocycles. The first-order valence-corrected chi connectivity index (χ1v) is 4.43. The van der Waals surface area contributed by atoms with Crippen LogP contribution >= 0.6 is 0 Å². The molecular formula is C9H13FN2O2. The summed E-state index contributed by atoms with van der Waals surface area (Å²) in [6.07, 6.45) is 1.32. The summed E-state index contributed by atoms with van der Waals surface area (Å²) in [5, 5.41) is 13.4. The van der Waals surface area contributed by atoms with Crippen molar-refractivity contribution in [2.24, 2.45) is 5.92 Å². The third kappa shape index (κ3) is 2.31. The van der Waals surface area contributed by atoms with E-state index in [0.29, 0.717) is 5.70 Å². The maximum atomic E-state index is 13.2. The monoisotopic (exact) mass is 200 g/mol. The second-order valence-corrected chi connectivity index (χ2v) is 3.34. The molecule has 0 radical (unpaired) electrons. The second-order valence-electron chi connectivity index (χ2n) is 3.34. The van der Waals surface area contributed by atoms with Crippen molar-refractivity contribution in [1.29, 1.82) is 0 Å². The minimum absolute atomic E-state index is 0.0441. The molecule has 14 heavy (non-hydrogen) atoms. The van der Waals surface area contributed by atoms with Gasteiger partial charge in [-0.1, -0.05) is 6.92 Å². The van der Waals surface area contributed by atoms with Crippen molar-refractivity contribution in [3.8, 4) is 0 Å². The van der Waals surface area contributed by atoms with Crippen LogP contribution in [0.25, 0.3) is 0 Å². The Labute approximate surface area is 81.6 Å². The van der Waals surface area contributed by atoms with Gasteiger partial charge in [-0.2, -0.15) is 0 Å². The molecule has 0 fully saturated rings. The number of hydrogen-bond acceptors (Lipinski definition) is 3. The molecule has 1 N–H and O–H groups in total. The molecule has 2 atom stereocenters. The first-order chi connectivity index (χ1) is 6.54. The summed E-state index contributed by atoms with van der Waals surface area (Å²) in [5.41, 5.74) is 0.664. The first-order valence-electron chi connectivity index (χ1n) is 4.43. The summed E-state index contributed by atoms with van der Waals surface area (Å²) in [5.74, 6) is -0.0441. The molecule has 4 nitrogen and oxygen atoms in total. The molecule has 0 aromatic heterocycles. The van der Waals surface area contributed by atoms with Gasteiger partial charge in [0.15, 0.2) is 0 Å². The molecule has 0 bridgehead atoms. The number of rotatable bonds is 2. The Hall–Kier alpha value is -1.39. The van der Waals surface area contributed by atoms with E-state index in [0.717, 1.165) is 6.08 Å². The number of halogens is 1. The van der Waals surface area contributed by atoms with Gasteiger partial charge < -0.3 is 5.32 Å². The molecule has 0 aromatic carbocycles. The number of allylic oxidation sites excluding steroid dienone is 4. The van der Waals surface area contributed by atoms with Crippen LogP contribution in [0.15, 0.2) is 23.5 Å². The van der Waals surface area contributed by atoms with Crippen LogP contribution in [0.4, 0.5) is 4.39 Å². The molecule has 0 spiro atoms. The molecule has 0 aliphatic heterocycles. The predicted octanol–water partition coefficient (Wildman–Crippen LogP) is 1.63. The molecule has 1 rings (SSSR count). The zero-order chi connectivity index (χ0) is 10.7. The van der Waals surface area contributed by atoms with Crippen LogP contribution in [0.3, 0.4) is 0 Å². The van der Waals surface area contributed by atoms with E-state index < -0.39 is 11.1 Å². The quantitative estimate of drug-likeness (QED) is 0.544. The maximum absolute atomic E-state index is 13.2. The summed E-state index contributed by atoms with van der Waals surface area (Å²) in [6, 6.07) is 0. The van der Waals surface area contributed by atoms with Crippen molar-refractivity contribution in [2.75, 3.05) is 7.05 Å². The van der Waals surface area contributed by atoms with Gasteiger partial charge in [0, 0.05) is 31.2 Å². The highest BCUT2D eigenvalue weighted by molar-refractivity contribution is 5.18. The summed E-state index contributed by atoms with van der Waals surface area (Å²) < 4.78 is 13.2. The lowest BCUT2D eigenvalue weighted by molar-refractivity contribution is -0.429. The van der Waals surface area contributed by atoms with Gasteiger partial charge >= 0.3 is 0 Å². The van der Waals surface area contributed by atoms with E-state index in [4.69, 9.17) is 0 Å². The first kappa shape index (κ1) is 10.7. The Morgan fingerprint density at radius 1 is 1.64 bits per heavy atom. The summed E-state index contributed by atoms with van der Waals surface area (Å²) in [7, 11) is 1.69. The Kier molecular flexibility index (Phi) is 3.22. The minimum Gasteiger partial charge on any atom is -0.391 e. The number of alkyl halides is 1. The third-order valence-electron chi connectivity index (χ3n) is 2.26. The van der Waals surface area contributed by atoms with Crippen LogP contribution < -0.4 is 5.32 Å². The van der Waals surface area contributed by atoms with Gasteiger partial charge in [0.25, 0.3) is 0 Å². The van der Waals surface area contributed by atoms with Gasteiger partial charge in [-0.15, -0.1) is 0 Å². The Morgan fingerprint density at radius 2 is 2.29 bits per heavy atom. The highest BCUT2D eigenvalue weighted by atomic mass is 19.1. The lowest BCUT2D eigenvalue weighted by Crippen LogP contribution is -2.15. The standard InChI is InChI=1S/C9H13FN2O2/c1-6-3-8(12(13)14)4-7(10)5-9(6)11-2/h4-7,11H,3H2,1-2H3. The zero-order valence-electron chi connectivity index (χ0n) is 8.16. The van der Waals surface area contributed by atoms with Crippen LogP contribution in [-0.4, -0.2) is 18.1 Å². The average Bonchev–Trinajstić information content (AvgIpc) is 2.25. The molecule has 0 amide bonds. The van der Waals surface area contributed by atoms with E-state index in [1.54, 1.807) is 7.05 Å². The fourth-order valence-electron chi connectivity index (χ4n) is 1.52. The topological polar surface area (TPSA) is 55.2 Å². The fourth-order valence-corrected chi connectivity index (χ4v) is 1.52. The van der Waals surface area contributed by atoms with Crippen molar-refractivity contribution in [2.45, 2.75) is 19.5 Å². The third-order valence-corrected chi connectivity index (χ3v) is 2.26. The maximum Gasteiger partial charge on any atom is 0.246 e. The van der Waals surface area contributed by atoms with Crippen LogP contribution in [0.1, 0.15) is 13.3 Å². The van der Waals surface area contributed by atoms with E-state index >= 15 is 0 Å². The number of hydrogen-bond donors (Lipinski definition) is 1. The van der Waals surface area contributed by atoms with E-state index in [1.165, 1.54) is 6.08 Å². The lowest BCUT2D eigenvalue weighted by Gasteiger charge is -2.12. The van der Waals surface area contributed by atoms with Crippen molar-refractivity contribution in [3.05, 3.63) is 33.7 Å². The molecule has 0 saturated carbocycles. The molecule has 78 valence electrons. The molecule has 0 saturated heterocycles. The van der Waals surface area contributed by atoms with E-state index in [1.807, 2.05) is 6.92 Å². The van der Waals surface area contributed by atoms with Crippen molar-refractivity contribution < 1.29 is 9.31 Å². The number of nitrogens with one attached hydrogen (secondary N) is 1. The average molecular weight is 200 g/mol. The van der Waals surface area contributed by atoms with Crippen LogP contribution in [0.2, 0.25) is 0 Å². The Bertz CT molecular complexity index is 299. The Morgan fingerprint density at radius 3 is 2.79 bits per heavy atom. The van der Waals surface area contributed by atoms with Crippen molar-refractivity contribution >= 4 is 0 Å². The van der Waals surface area contributed by atoms with Gasteiger partial charge in [0.2, 0.25) is 5.70 Å². The number of nitro groups is 1. The predicted molar refractivity (Wildman–Crippen MR) is 50.9 cm³/mol. The van der Waals surface area contributed by atoms with Crippen molar-refractivity contribution in [3.63, 3.8) is 0 Å². The fraction of sp³-hybridized carbons (Fsp3) is 0.556. The van der Waals surface area contributed by atoms with Crippen LogP contribution in [0.5, 0.6) is 0 Å². The van der Waals surface area contributed by atoms with Gasteiger partial charge in [0.05, 0.1) is 4.92 Å². The zero-order valence-corrected chi connectivity index (χ0v) is 8.16. The number of nitrogens with zero attached hydrogens (tertiary/aromatic N) is 1. The second kappa shape index (κ2) is 4.21. The normalized spacial score (nSPS) is 27.4.